The number of hydrogen-bond donors (Lipinski definition) is 3. The molecule has 1 aromatic heterocycles. The van der Waals surface area contributed by atoms with Crippen molar-refractivity contribution < 1.29 is 9.90 Å². The van der Waals surface area contributed by atoms with Crippen LogP contribution in [0.1, 0.15) is 12.5 Å². The fourth-order valence-corrected chi connectivity index (χ4v) is 3.58. The second-order valence-electron chi connectivity index (χ2n) is 6.65. The summed E-state index contributed by atoms with van der Waals surface area (Å²) in [4.78, 5) is 15.7. The first kappa shape index (κ1) is 21.0. The number of rotatable bonds is 6. The average molecular weight is 430 g/mol. The van der Waals surface area contributed by atoms with E-state index in [-0.39, 0.29) is 11.7 Å². The molecule has 0 saturated carbocycles. The maximum absolute atomic E-state index is 11.1. The van der Waals surface area contributed by atoms with E-state index in [2.05, 4.69) is 15.6 Å². The number of phenols is 1. The van der Waals surface area contributed by atoms with Gasteiger partial charge in [-0.1, -0.05) is 40.9 Å². The predicted molar refractivity (Wildman–Crippen MR) is 119 cm³/mol. The zero-order valence-electron chi connectivity index (χ0n) is 16.1. The Morgan fingerprint density at radius 2 is 1.79 bits per heavy atom. The molecule has 0 spiro atoms. The molecule has 3 rings (SSSR count). The molecule has 0 unspecified atom stereocenters. The molecule has 2 aromatic carbocycles. The number of nitrogens with zero attached hydrogens (tertiary/aromatic N) is 1. The Kier molecular flexibility index (Phi) is 6.62. The minimum atomic E-state index is -0.0956. The van der Waals surface area contributed by atoms with Crippen molar-refractivity contribution in [3.8, 4) is 28.1 Å². The quantitative estimate of drug-likeness (QED) is 0.465. The van der Waals surface area contributed by atoms with E-state index >= 15 is 0 Å². The van der Waals surface area contributed by atoms with Gasteiger partial charge in [0, 0.05) is 41.2 Å². The summed E-state index contributed by atoms with van der Waals surface area (Å²) in [5, 5.41) is 17.3. The number of aryl methyl sites for hydroxylation is 1. The number of halogens is 2. The minimum absolute atomic E-state index is 0.0956. The van der Waals surface area contributed by atoms with Crippen LogP contribution in [0, 0.1) is 6.92 Å². The van der Waals surface area contributed by atoms with Gasteiger partial charge in [-0.05, 0) is 48.9 Å². The third-order valence-corrected chi connectivity index (χ3v) is 4.94. The number of anilines is 1. The van der Waals surface area contributed by atoms with Crippen molar-refractivity contribution in [3.63, 3.8) is 0 Å². The van der Waals surface area contributed by atoms with Crippen molar-refractivity contribution in [1.82, 2.24) is 10.3 Å². The number of carbonyl (C=O) groups is 1. The molecule has 150 valence electrons. The smallest absolute Gasteiger partial charge is 0.216 e. The van der Waals surface area contributed by atoms with E-state index < -0.39 is 0 Å². The second kappa shape index (κ2) is 9.16. The van der Waals surface area contributed by atoms with E-state index in [0.717, 1.165) is 11.1 Å². The number of aromatic hydroxyl groups is 1. The number of benzene rings is 2. The Morgan fingerprint density at radius 3 is 2.48 bits per heavy atom. The van der Waals surface area contributed by atoms with E-state index in [0.29, 0.717) is 45.8 Å². The van der Waals surface area contributed by atoms with Crippen molar-refractivity contribution in [2.24, 2.45) is 0 Å². The topological polar surface area (TPSA) is 74.2 Å². The van der Waals surface area contributed by atoms with Crippen LogP contribution in [0.3, 0.4) is 0 Å². The molecule has 3 N–H and O–H groups in total. The van der Waals surface area contributed by atoms with Gasteiger partial charge in [-0.2, -0.15) is 0 Å². The first-order chi connectivity index (χ1) is 13.8. The maximum Gasteiger partial charge on any atom is 0.216 e. The van der Waals surface area contributed by atoms with Crippen molar-refractivity contribution in [3.05, 3.63) is 64.1 Å². The van der Waals surface area contributed by atoms with Gasteiger partial charge in [0.15, 0.2) is 0 Å². The first-order valence-corrected chi connectivity index (χ1v) is 9.85. The van der Waals surface area contributed by atoms with Crippen LogP contribution in [0.25, 0.3) is 22.4 Å². The van der Waals surface area contributed by atoms with Crippen LogP contribution in [0.2, 0.25) is 10.0 Å². The molecular formula is C22H21Cl2N3O2. The lowest BCUT2D eigenvalue weighted by Gasteiger charge is -2.14. The largest absolute Gasteiger partial charge is 0.507 e. The average Bonchev–Trinajstić information content (AvgIpc) is 2.67. The molecule has 0 aliphatic heterocycles. The summed E-state index contributed by atoms with van der Waals surface area (Å²) in [6.45, 7) is 4.37. The van der Waals surface area contributed by atoms with Crippen molar-refractivity contribution in [1.29, 1.82) is 0 Å². The molecular weight excluding hydrogens is 409 g/mol. The highest BCUT2D eigenvalue weighted by molar-refractivity contribution is 6.39. The SMILES string of the molecule is CC(=O)NCCNc1cc(-c2c(Cl)cccc2Cl)cc(-c2cc(C)ccc2O)n1. The Bertz CT molecular complexity index is 1030. The predicted octanol–water partition coefficient (Wildman–Crippen LogP) is 5.28. The molecule has 0 aliphatic carbocycles. The van der Waals surface area contributed by atoms with Gasteiger partial charge in [0.2, 0.25) is 5.91 Å². The molecule has 1 amide bonds. The van der Waals surface area contributed by atoms with E-state index in [1.807, 2.05) is 31.2 Å². The van der Waals surface area contributed by atoms with Gasteiger partial charge in [-0.25, -0.2) is 4.98 Å². The third kappa shape index (κ3) is 5.19. The van der Waals surface area contributed by atoms with E-state index in [9.17, 15) is 9.90 Å². The summed E-state index contributed by atoms with van der Waals surface area (Å²) in [5.41, 5.74) is 3.66. The molecule has 0 fully saturated rings. The highest BCUT2D eigenvalue weighted by atomic mass is 35.5. The monoisotopic (exact) mass is 429 g/mol. The van der Waals surface area contributed by atoms with Gasteiger partial charge >= 0.3 is 0 Å². The van der Waals surface area contributed by atoms with Crippen LogP contribution in [0.5, 0.6) is 5.75 Å². The van der Waals surface area contributed by atoms with Crippen molar-refractivity contribution >= 4 is 34.9 Å². The van der Waals surface area contributed by atoms with Crippen LogP contribution < -0.4 is 10.6 Å². The normalized spacial score (nSPS) is 10.6. The highest BCUT2D eigenvalue weighted by Gasteiger charge is 2.14. The Balaban J connectivity index is 2.07. The molecule has 0 radical (unpaired) electrons. The lowest BCUT2D eigenvalue weighted by Crippen LogP contribution is -2.26. The number of hydrogen-bond acceptors (Lipinski definition) is 4. The van der Waals surface area contributed by atoms with Crippen LogP contribution >= 0.6 is 23.2 Å². The van der Waals surface area contributed by atoms with Crippen LogP contribution in [0.4, 0.5) is 5.82 Å². The molecule has 0 aliphatic rings. The van der Waals surface area contributed by atoms with Crippen LogP contribution in [-0.4, -0.2) is 29.1 Å². The highest BCUT2D eigenvalue weighted by Crippen LogP contribution is 2.38. The molecule has 1 heterocycles. The summed E-state index contributed by atoms with van der Waals surface area (Å²) in [5.74, 6) is 0.621. The number of amides is 1. The number of phenolic OH excluding ortho intramolecular Hbond substituents is 1. The van der Waals surface area contributed by atoms with Gasteiger partial charge in [0.05, 0.1) is 5.69 Å². The van der Waals surface area contributed by atoms with E-state index in [4.69, 9.17) is 23.2 Å². The lowest BCUT2D eigenvalue weighted by molar-refractivity contribution is -0.118. The number of pyridine rings is 1. The van der Waals surface area contributed by atoms with Gasteiger partial charge in [-0.3, -0.25) is 4.79 Å². The maximum atomic E-state index is 11.1. The summed E-state index contributed by atoms with van der Waals surface area (Å²) in [6.07, 6.45) is 0. The first-order valence-electron chi connectivity index (χ1n) is 9.10. The molecule has 0 atom stereocenters. The standard InChI is InChI=1S/C22H21Cl2N3O2/c1-13-6-7-20(29)16(10-13)19-11-15(22-17(23)4-3-5-18(22)24)12-21(27-19)26-9-8-25-14(2)28/h3-7,10-12,29H,8-9H2,1-2H3,(H,25,28)(H,26,27). The summed E-state index contributed by atoms with van der Waals surface area (Å²) in [6, 6.07) is 14.4. The summed E-state index contributed by atoms with van der Waals surface area (Å²) in [7, 11) is 0. The zero-order chi connectivity index (χ0) is 21.0. The summed E-state index contributed by atoms with van der Waals surface area (Å²) < 4.78 is 0. The second-order valence-corrected chi connectivity index (χ2v) is 7.47. The number of nitrogens with one attached hydrogen (secondary N) is 2. The molecule has 5 nitrogen and oxygen atoms in total. The summed E-state index contributed by atoms with van der Waals surface area (Å²) >= 11 is 12.8. The third-order valence-electron chi connectivity index (χ3n) is 4.31. The Morgan fingerprint density at radius 1 is 1.07 bits per heavy atom. The fraction of sp³-hybridized carbons (Fsp3) is 0.182. The fourth-order valence-electron chi connectivity index (χ4n) is 2.96. The van der Waals surface area contributed by atoms with Crippen LogP contribution in [-0.2, 0) is 4.79 Å². The van der Waals surface area contributed by atoms with Crippen LogP contribution in [0.15, 0.2) is 48.5 Å². The molecule has 3 aromatic rings. The van der Waals surface area contributed by atoms with E-state index in [1.165, 1.54) is 6.92 Å². The van der Waals surface area contributed by atoms with Crippen molar-refractivity contribution in [2.75, 3.05) is 18.4 Å². The molecule has 7 heteroatoms. The number of aromatic nitrogens is 1. The Labute approximate surface area is 179 Å². The van der Waals surface area contributed by atoms with Gasteiger partial charge in [-0.15, -0.1) is 0 Å². The number of carbonyl (C=O) groups excluding carboxylic acids is 1. The van der Waals surface area contributed by atoms with Gasteiger partial charge in [0.25, 0.3) is 0 Å². The van der Waals surface area contributed by atoms with Gasteiger partial charge < -0.3 is 15.7 Å². The minimum Gasteiger partial charge on any atom is -0.507 e. The van der Waals surface area contributed by atoms with Gasteiger partial charge in [0.1, 0.15) is 11.6 Å². The lowest BCUT2D eigenvalue weighted by atomic mass is 10.0. The van der Waals surface area contributed by atoms with Crippen molar-refractivity contribution in [2.45, 2.75) is 13.8 Å². The Hall–Kier alpha value is -2.76. The molecule has 29 heavy (non-hydrogen) atoms. The molecule has 0 bridgehead atoms. The molecule has 0 saturated heterocycles. The van der Waals surface area contributed by atoms with E-state index in [1.54, 1.807) is 24.3 Å². The zero-order valence-corrected chi connectivity index (χ0v) is 17.6.